The molecule has 0 aliphatic carbocycles. The van der Waals surface area contributed by atoms with Crippen molar-refractivity contribution >= 4 is 28.8 Å². The van der Waals surface area contributed by atoms with Gasteiger partial charge in [-0.3, -0.25) is 4.79 Å². The first-order valence-corrected chi connectivity index (χ1v) is 8.11. The maximum absolute atomic E-state index is 12.3. The third kappa shape index (κ3) is 3.24. The number of nitrogens with one attached hydrogen (secondary N) is 1. The molecule has 2 heterocycles. The maximum atomic E-state index is 12.3. The molecular formula is C17H14ClNO2S. The van der Waals surface area contributed by atoms with E-state index in [1.807, 2.05) is 29.6 Å². The molecular weight excluding hydrogens is 318 g/mol. The fraction of sp³-hybridized carbons (Fsp3) is 0.118. The van der Waals surface area contributed by atoms with E-state index in [2.05, 4.69) is 5.32 Å². The van der Waals surface area contributed by atoms with Crippen LogP contribution in [0.15, 0.2) is 64.6 Å². The third-order valence-electron chi connectivity index (χ3n) is 3.36. The smallest absolute Gasteiger partial charge is 0.252 e. The quantitative estimate of drug-likeness (QED) is 0.745. The van der Waals surface area contributed by atoms with Gasteiger partial charge in [-0.1, -0.05) is 29.8 Å². The number of amides is 1. The van der Waals surface area contributed by atoms with Crippen LogP contribution in [-0.4, -0.2) is 12.5 Å². The largest absolute Gasteiger partial charge is 0.469 e. The lowest BCUT2D eigenvalue weighted by molar-refractivity contribution is 0.0952. The topological polar surface area (TPSA) is 42.2 Å². The summed E-state index contributed by atoms with van der Waals surface area (Å²) in [6.07, 6.45) is 1.64. The van der Waals surface area contributed by atoms with Gasteiger partial charge in [0.05, 0.1) is 22.8 Å². The van der Waals surface area contributed by atoms with E-state index >= 15 is 0 Å². The fourth-order valence-corrected chi connectivity index (χ4v) is 3.31. The van der Waals surface area contributed by atoms with E-state index in [0.717, 1.165) is 10.6 Å². The van der Waals surface area contributed by atoms with Crippen LogP contribution in [-0.2, 0) is 0 Å². The van der Waals surface area contributed by atoms with E-state index in [9.17, 15) is 4.79 Å². The zero-order chi connectivity index (χ0) is 15.4. The highest BCUT2D eigenvalue weighted by Crippen LogP contribution is 2.28. The minimum absolute atomic E-state index is 0.00133. The van der Waals surface area contributed by atoms with Gasteiger partial charge in [-0.05, 0) is 35.7 Å². The van der Waals surface area contributed by atoms with Gasteiger partial charge in [0.1, 0.15) is 5.76 Å². The molecule has 1 unspecified atom stereocenters. The van der Waals surface area contributed by atoms with Crippen LogP contribution in [0.1, 0.15) is 26.9 Å². The number of hydrogen-bond acceptors (Lipinski definition) is 3. The SMILES string of the molecule is O=C(NCC(c1ccco1)c1cccs1)c1ccccc1Cl. The highest BCUT2D eigenvalue weighted by atomic mass is 35.5. The Balaban J connectivity index is 1.75. The number of benzene rings is 1. The minimum atomic E-state index is -0.182. The van der Waals surface area contributed by atoms with Gasteiger partial charge in [0.2, 0.25) is 0 Å². The minimum Gasteiger partial charge on any atom is -0.469 e. The van der Waals surface area contributed by atoms with Crippen molar-refractivity contribution in [1.82, 2.24) is 5.32 Å². The fourth-order valence-electron chi connectivity index (χ4n) is 2.26. The summed E-state index contributed by atoms with van der Waals surface area (Å²) >= 11 is 7.70. The first-order chi connectivity index (χ1) is 10.8. The lowest BCUT2D eigenvalue weighted by atomic mass is 10.0. The van der Waals surface area contributed by atoms with Gasteiger partial charge in [0, 0.05) is 11.4 Å². The van der Waals surface area contributed by atoms with Crippen molar-refractivity contribution in [2.24, 2.45) is 0 Å². The van der Waals surface area contributed by atoms with Crippen molar-refractivity contribution in [2.75, 3.05) is 6.54 Å². The second-order valence-electron chi connectivity index (χ2n) is 4.77. The normalized spacial score (nSPS) is 12.0. The molecule has 1 amide bonds. The molecule has 0 saturated heterocycles. The summed E-state index contributed by atoms with van der Waals surface area (Å²) in [6, 6.07) is 14.8. The zero-order valence-corrected chi connectivity index (χ0v) is 13.2. The summed E-state index contributed by atoms with van der Waals surface area (Å²) in [7, 11) is 0. The van der Waals surface area contributed by atoms with Crippen LogP contribution in [0.5, 0.6) is 0 Å². The third-order valence-corrected chi connectivity index (χ3v) is 4.67. The number of furan rings is 1. The van der Waals surface area contributed by atoms with E-state index in [1.165, 1.54) is 0 Å². The van der Waals surface area contributed by atoms with Gasteiger partial charge in [-0.15, -0.1) is 11.3 Å². The molecule has 0 aliphatic rings. The first-order valence-electron chi connectivity index (χ1n) is 6.85. The Morgan fingerprint density at radius 3 is 2.73 bits per heavy atom. The second-order valence-corrected chi connectivity index (χ2v) is 6.16. The lowest BCUT2D eigenvalue weighted by Gasteiger charge is -2.14. The van der Waals surface area contributed by atoms with Crippen molar-refractivity contribution in [3.63, 3.8) is 0 Å². The molecule has 112 valence electrons. The number of hydrogen-bond donors (Lipinski definition) is 1. The van der Waals surface area contributed by atoms with E-state index in [1.54, 1.807) is 41.9 Å². The molecule has 0 fully saturated rings. The Bertz CT molecular complexity index is 704. The Morgan fingerprint density at radius 2 is 2.05 bits per heavy atom. The van der Waals surface area contributed by atoms with Gasteiger partial charge < -0.3 is 9.73 Å². The average Bonchev–Trinajstić information content (AvgIpc) is 3.21. The molecule has 0 radical (unpaired) electrons. The number of rotatable bonds is 5. The van der Waals surface area contributed by atoms with Crippen LogP contribution >= 0.6 is 22.9 Å². The summed E-state index contributed by atoms with van der Waals surface area (Å²) in [5, 5.41) is 5.40. The van der Waals surface area contributed by atoms with Crippen LogP contribution in [0.25, 0.3) is 0 Å². The molecule has 1 N–H and O–H groups in total. The van der Waals surface area contributed by atoms with Crippen molar-refractivity contribution < 1.29 is 9.21 Å². The van der Waals surface area contributed by atoms with E-state index in [4.69, 9.17) is 16.0 Å². The van der Waals surface area contributed by atoms with Crippen molar-refractivity contribution in [1.29, 1.82) is 0 Å². The van der Waals surface area contributed by atoms with E-state index in [0.29, 0.717) is 17.1 Å². The van der Waals surface area contributed by atoms with E-state index in [-0.39, 0.29) is 11.8 Å². The molecule has 1 atom stereocenters. The first kappa shape index (κ1) is 14.9. The Morgan fingerprint density at radius 1 is 1.18 bits per heavy atom. The summed E-state index contributed by atoms with van der Waals surface area (Å²) in [5.74, 6) is 0.655. The lowest BCUT2D eigenvalue weighted by Crippen LogP contribution is -2.28. The van der Waals surface area contributed by atoms with Crippen LogP contribution < -0.4 is 5.32 Å². The molecule has 0 saturated carbocycles. The summed E-state index contributed by atoms with van der Waals surface area (Å²) in [4.78, 5) is 13.4. The summed E-state index contributed by atoms with van der Waals surface area (Å²) in [6.45, 7) is 0.456. The van der Waals surface area contributed by atoms with Gasteiger partial charge in [0.15, 0.2) is 0 Å². The van der Waals surface area contributed by atoms with E-state index < -0.39 is 0 Å². The van der Waals surface area contributed by atoms with Gasteiger partial charge >= 0.3 is 0 Å². The predicted molar refractivity (Wildman–Crippen MR) is 88.7 cm³/mol. The van der Waals surface area contributed by atoms with Crippen LogP contribution in [0.3, 0.4) is 0 Å². The number of thiophene rings is 1. The number of halogens is 1. The highest BCUT2D eigenvalue weighted by Gasteiger charge is 2.20. The van der Waals surface area contributed by atoms with Crippen LogP contribution in [0, 0.1) is 0 Å². The molecule has 0 bridgehead atoms. The maximum Gasteiger partial charge on any atom is 0.252 e. The molecule has 3 rings (SSSR count). The monoisotopic (exact) mass is 331 g/mol. The predicted octanol–water partition coefficient (Wildman–Crippen LogP) is 4.56. The molecule has 22 heavy (non-hydrogen) atoms. The standard InChI is InChI=1S/C17H14ClNO2S/c18-14-6-2-1-5-12(14)17(20)19-11-13(15-7-3-9-21-15)16-8-4-10-22-16/h1-10,13H,11H2,(H,19,20). The van der Waals surface area contributed by atoms with Gasteiger partial charge in [-0.2, -0.15) is 0 Å². The molecule has 1 aromatic carbocycles. The highest BCUT2D eigenvalue weighted by molar-refractivity contribution is 7.10. The Hall–Kier alpha value is -2.04. The zero-order valence-electron chi connectivity index (χ0n) is 11.7. The van der Waals surface area contributed by atoms with Gasteiger partial charge in [-0.25, -0.2) is 0 Å². The molecule has 3 aromatic rings. The average molecular weight is 332 g/mol. The molecule has 0 aliphatic heterocycles. The van der Waals surface area contributed by atoms with Gasteiger partial charge in [0.25, 0.3) is 5.91 Å². The molecule has 5 heteroatoms. The Kier molecular flexibility index (Phi) is 4.61. The number of carbonyl (C=O) groups is 1. The summed E-state index contributed by atoms with van der Waals surface area (Å²) in [5.41, 5.74) is 0.480. The summed E-state index contributed by atoms with van der Waals surface area (Å²) < 4.78 is 5.51. The molecule has 0 spiro atoms. The van der Waals surface area contributed by atoms with Crippen LogP contribution in [0.4, 0.5) is 0 Å². The Labute approximate surface area is 137 Å². The number of carbonyl (C=O) groups excluding carboxylic acids is 1. The van der Waals surface area contributed by atoms with Crippen molar-refractivity contribution in [2.45, 2.75) is 5.92 Å². The van der Waals surface area contributed by atoms with Crippen molar-refractivity contribution in [3.05, 3.63) is 81.4 Å². The molecule has 2 aromatic heterocycles. The van der Waals surface area contributed by atoms with Crippen LogP contribution in [0.2, 0.25) is 5.02 Å². The second kappa shape index (κ2) is 6.81. The van der Waals surface area contributed by atoms with Crippen molar-refractivity contribution in [3.8, 4) is 0 Å². The molecule has 3 nitrogen and oxygen atoms in total.